The van der Waals surface area contributed by atoms with Gasteiger partial charge in [0, 0.05) is 18.1 Å². The summed E-state index contributed by atoms with van der Waals surface area (Å²) in [6.07, 6.45) is 2.82. The first-order valence-corrected chi connectivity index (χ1v) is 5.70. The highest BCUT2D eigenvalue weighted by molar-refractivity contribution is 6.34. The molecule has 96 valence electrons. The zero-order chi connectivity index (χ0) is 13.8. The third-order valence-electron chi connectivity index (χ3n) is 2.38. The van der Waals surface area contributed by atoms with Crippen LogP contribution in [-0.4, -0.2) is 22.0 Å². The Bertz CT molecular complexity index is 643. The van der Waals surface area contributed by atoms with Gasteiger partial charge in [0.1, 0.15) is 0 Å². The summed E-state index contributed by atoms with van der Waals surface area (Å²) in [4.78, 5) is 26.5. The van der Waals surface area contributed by atoms with E-state index in [9.17, 15) is 9.59 Å². The molecule has 0 aliphatic heterocycles. The van der Waals surface area contributed by atoms with Crippen LogP contribution in [0, 0.1) is 0 Å². The summed E-state index contributed by atoms with van der Waals surface area (Å²) in [6.45, 7) is 0. The van der Waals surface area contributed by atoms with Crippen molar-refractivity contribution in [3.05, 3.63) is 58.9 Å². The molecule has 6 heteroatoms. The van der Waals surface area contributed by atoms with Crippen LogP contribution in [0.4, 0.5) is 5.69 Å². The minimum absolute atomic E-state index is 0.0959. The number of carbonyl (C=O) groups excluding carboxylic acids is 1. The highest BCUT2D eigenvalue weighted by Gasteiger charge is 2.11. The minimum atomic E-state index is -1.06. The summed E-state index contributed by atoms with van der Waals surface area (Å²) in [5, 5.41) is 11.7. The average molecular weight is 277 g/mol. The maximum atomic E-state index is 11.9. The van der Waals surface area contributed by atoms with Crippen molar-refractivity contribution in [3.63, 3.8) is 0 Å². The number of hydrogen-bond donors (Lipinski definition) is 2. The van der Waals surface area contributed by atoms with Crippen LogP contribution < -0.4 is 5.32 Å². The van der Waals surface area contributed by atoms with Gasteiger partial charge in [0.25, 0.3) is 5.91 Å². The van der Waals surface area contributed by atoms with Crippen molar-refractivity contribution < 1.29 is 14.7 Å². The predicted octanol–water partition coefficient (Wildman–Crippen LogP) is 2.69. The fraction of sp³-hybridized carbons (Fsp3) is 0. The van der Waals surface area contributed by atoms with Crippen LogP contribution in [0.1, 0.15) is 20.7 Å². The molecule has 2 N–H and O–H groups in total. The van der Waals surface area contributed by atoms with E-state index in [1.807, 2.05) is 0 Å². The first kappa shape index (κ1) is 13.0. The lowest BCUT2D eigenvalue weighted by Gasteiger charge is -2.06. The Hall–Kier alpha value is -2.40. The lowest BCUT2D eigenvalue weighted by molar-refractivity contribution is 0.0696. The van der Waals surface area contributed by atoms with E-state index in [0.717, 1.165) is 0 Å². The number of pyridine rings is 1. The molecule has 1 aromatic heterocycles. The molecule has 5 nitrogen and oxygen atoms in total. The topological polar surface area (TPSA) is 79.3 Å². The number of carboxylic acids is 1. The highest BCUT2D eigenvalue weighted by atomic mass is 35.5. The normalized spacial score (nSPS) is 9.95. The van der Waals surface area contributed by atoms with E-state index in [4.69, 9.17) is 16.7 Å². The zero-order valence-electron chi connectivity index (χ0n) is 9.63. The Morgan fingerprint density at radius 2 is 2.05 bits per heavy atom. The molecule has 0 spiro atoms. The lowest BCUT2D eigenvalue weighted by Crippen LogP contribution is -2.13. The number of aromatic carboxylic acids is 1. The van der Waals surface area contributed by atoms with Crippen molar-refractivity contribution >= 4 is 29.2 Å². The molecule has 0 bridgehead atoms. The Labute approximate surface area is 113 Å². The van der Waals surface area contributed by atoms with E-state index in [0.29, 0.717) is 5.69 Å². The number of amides is 1. The van der Waals surface area contributed by atoms with E-state index in [1.165, 1.54) is 30.6 Å². The Morgan fingerprint density at radius 1 is 1.26 bits per heavy atom. The Morgan fingerprint density at radius 3 is 2.74 bits per heavy atom. The molecular weight excluding hydrogens is 268 g/mol. The van der Waals surface area contributed by atoms with Gasteiger partial charge >= 0.3 is 5.97 Å². The molecule has 0 radical (unpaired) electrons. The van der Waals surface area contributed by atoms with Gasteiger partial charge < -0.3 is 10.4 Å². The van der Waals surface area contributed by atoms with Gasteiger partial charge in [-0.1, -0.05) is 17.7 Å². The summed E-state index contributed by atoms with van der Waals surface area (Å²) in [6, 6.07) is 7.44. The summed E-state index contributed by atoms with van der Waals surface area (Å²) >= 11 is 5.85. The number of benzene rings is 1. The van der Waals surface area contributed by atoms with Crippen LogP contribution in [-0.2, 0) is 0 Å². The fourth-order valence-corrected chi connectivity index (χ4v) is 1.69. The first-order chi connectivity index (χ1) is 9.08. The van der Waals surface area contributed by atoms with Crippen LogP contribution in [0.15, 0.2) is 42.7 Å². The quantitative estimate of drug-likeness (QED) is 0.903. The van der Waals surface area contributed by atoms with Gasteiger partial charge in [0.15, 0.2) is 0 Å². The number of halogens is 1. The van der Waals surface area contributed by atoms with Gasteiger partial charge in [0.05, 0.1) is 16.1 Å². The maximum absolute atomic E-state index is 11.9. The van der Waals surface area contributed by atoms with Crippen molar-refractivity contribution in [2.24, 2.45) is 0 Å². The van der Waals surface area contributed by atoms with Gasteiger partial charge in [-0.2, -0.15) is 0 Å². The molecule has 0 saturated heterocycles. The Balaban J connectivity index is 2.22. The van der Waals surface area contributed by atoms with E-state index < -0.39 is 11.9 Å². The number of carboxylic acid groups (broad SMARTS) is 1. The van der Waals surface area contributed by atoms with Crippen LogP contribution >= 0.6 is 11.6 Å². The maximum Gasteiger partial charge on any atom is 0.335 e. The van der Waals surface area contributed by atoms with Gasteiger partial charge in [-0.15, -0.1) is 0 Å². The number of anilines is 1. The molecule has 0 saturated carbocycles. The second-order valence-corrected chi connectivity index (χ2v) is 4.10. The molecule has 19 heavy (non-hydrogen) atoms. The molecule has 1 amide bonds. The van der Waals surface area contributed by atoms with Crippen molar-refractivity contribution in [2.45, 2.75) is 0 Å². The standard InChI is InChI=1S/C13H9ClN2O3/c14-11-7-15-5-4-10(11)12(17)16-9-3-1-2-8(6-9)13(18)19/h1-7H,(H,16,17)(H,18,19). The molecule has 0 unspecified atom stereocenters. The van der Waals surface area contributed by atoms with Gasteiger partial charge in [-0.25, -0.2) is 4.79 Å². The largest absolute Gasteiger partial charge is 0.478 e. The fourth-order valence-electron chi connectivity index (χ4n) is 1.49. The lowest BCUT2D eigenvalue weighted by atomic mass is 10.2. The molecule has 1 heterocycles. The highest BCUT2D eigenvalue weighted by Crippen LogP contribution is 2.17. The van der Waals surface area contributed by atoms with Crippen LogP contribution in [0.3, 0.4) is 0 Å². The minimum Gasteiger partial charge on any atom is -0.478 e. The monoisotopic (exact) mass is 276 g/mol. The molecule has 0 atom stereocenters. The number of nitrogens with one attached hydrogen (secondary N) is 1. The van der Waals surface area contributed by atoms with E-state index in [-0.39, 0.29) is 16.1 Å². The van der Waals surface area contributed by atoms with Crippen LogP contribution in [0.5, 0.6) is 0 Å². The predicted molar refractivity (Wildman–Crippen MR) is 70.6 cm³/mol. The Kier molecular flexibility index (Phi) is 3.77. The van der Waals surface area contributed by atoms with Crippen molar-refractivity contribution in [1.82, 2.24) is 4.98 Å². The van der Waals surface area contributed by atoms with Gasteiger partial charge in [-0.05, 0) is 24.3 Å². The van der Waals surface area contributed by atoms with E-state index in [2.05, 4.69) is 10.3 Å². The summed E-state index contributed by atoms with van der Waals surface area (Å²) in [5.41, 5.74) is 0.758. The van der Waals surface area contributed by atoms with Gasteiger partial charge in [-0.3, -0.25) is 9.78 Å². The zero-order valence-corrected chi connectivity index (χ0v) is 10.4. The molecular formula is C13H9ClN2O3. The number of carbonyl (C=O) groups is 2. The van der Waals surface area contributed by atoms with Gasteiger partial charge in [0.2, 0.25) is 0 Å². The molecule has 0 aliphatic rings. The average Bonchev–Trinajstić information content (AvgIpc) is 2.39. The summed E-state index contributed by atoms with van der Waals surface area (Å²) < 4.78 is 0. The molecule has 0 fully saturated rings. The van der Waals surface area contributed by atoms with Crippen molar-refractivity contribution in [2.75, 3.05) is 5.32 Å². The molecule has 0 aliphatic carbocycles. The SMILES string of the molecule is O=C(O)c1cccc(NC(=O)c2ccncc2Cl)c1. The first-order valence-electron chi connectivity index (χ1n) is 5.32. The number of nitrogens with zero attached hydrogens (tertiary/aromatic N) is 1. The summed E-state index contributed by atoms with van der Waals surface area (Å²) in [5.74, 6) is -1.48. The number of rotatable bonds is 3. The molecule has 1 aromatic carbocycles. The number of hydrogen-bond acceptors (Lipinski definition) is 3. The third kappa shape index (κ3) is 3.08. The van der Waals surface area contributed by atoms with Crippen molar-refractivity contribution in [1.29, 1.82) is 0 Å². The third-order valence-corrected chi connectivity index (χ3v) is 2.69. The van der Waals surface area contributed by atoms with E-state index in [1.54, 1.807) is 12.1 Å². The molecule has 2 aromatic rings. The second-order valence-electron chi connectivity index (χ2n) is 3.70. The smallest absolute Gasteiger partial charge is 0.335 e. The van der Waals surface area contributed by atoms with E-state index >= 15 is 0 Å². The van der Waals surface area contributed by atoms with Crippen LogP contribution in [0.25, 0.3) is 0 Å². The second kappa shape index (κ2) is 5.49. The van der Waals surface area contributed by atoms with Crippen molar-refractivity contribution in [3.8, 4) is 0 Å². The van der Waals surface area contributed by atoms with Crippen LogP contribution in [0.2, 0.25) is 5.02 Å². The molecule has 2 rings (SSSR count). The summed E-state index contributed by atoms with van der Waals surface area (Å²) in [7, 11) is 0. The number of aromatic nitrogens is 1.